The van der Waals surface area contributed by atoms with Gasteiger partial charge in [0.25, 0.3) is 5.56 Å². The third-order valence-electron chi connectivity index (χ3n) is 6.11. The molecule has 1 unspecified atom stereocenters. The second-order valence-electron chi connectivity index (χ2n) is 8.26. The first-order valence-electron chi connectivity index (χ1n) is 11.4. The Kier molecular flexibility index (Phi) is 6.81. The van der Waals surface area contributed by atoms with Crippen molar-refractivity contribution in [1.82, 2.24) is 4.57 Å². The maximum atomic E-state index is 13.9. The van der Waals surface area contributed by atoms with Crippen LogP contribution in [0.1, 0.15) is 31.0 Å². The number of allylic oxidation sites excluding steroid dienone is 1. The first-order chi connectivity index (χ1) is 17.4. The van der Waals surface area contributed by atoms with Crippen molar-refractivity contribution in [3.8, 4) is 5.75 Å². The highest BCUT2D eigenvalue weighted by Crippen LogP contribution is 2.40. The zero-order valence-electron chi connectivity index (χ0n) is 19.9. The van der Waals surface area contributed by atoms with Gasteiger partial charge in [0, 0.05) is 9.13 Å². The van der Waals surface area contributed by atoms with E-state index in [4.69, 9.17) is 9.47 Å². The van der Waals surface area contributed by atoms with Crippen molar-refractivity contribution in [1.29, 1.82) is 0 Å². The van der Waals surface area contributed by atoms with E-state index in [1.165, 1.54) is 11.3 Å². The summed E-state index contributed by atoms with van der Waals surface area (Å²) in [6.07, 6.45) is 1.86. The second kappa shape index (κ2) is 10.0. The lowest BCUT2D eigenvalue weighted by molar-refractivity contribution is -0.139. The molecule has 1 atom stereocenters. The fourth-order valence-corrected chi connectivity index (χ4v) is 5.92. The minimum atomic E-state index is -0.750. The van der Waals surface area contributed by atoms with Crippen LogP contribution in [0.25, 0.3) is 16.8 Å². The van der Waals surface area contributed by atoms with Crippen LogP contribution >= 0.6 is 33.9 Å². The van der Waals surface area contributed by atoms with E-state index in [9.17, 15) is 9.59 Å². The number of hydrogen-bond donors (Lipinski definition) is 0. The summed E-state index contributed by atoms with van der Waals surface area (Å²) in [5, 5.41) is 1.87. The number of thiazole rings is 1. The average molecular weight is 610 g/mol. The number of carbonyl (C=O) groups is 1. The Morgan fingerprint density at radius 2 is 1.89 bits per heavy atom. The molecule has 0 amide bonds. The SMILES string of the molecule is CCOC(=O)C1=C(C)N=c2s/c(=C/c3ccc(I)cc3)c(=O)n2C1c1c(OC)ccc2ccccc12. The minimum Gasteiger partial charge on any atom is -0.496 e. The van der Waals surface area contributed by atoms with Crippen molar-refractivity contribution in [2.75, 3.05) is 13.7 Å². The average Bonchev–Trinajstić information content (AvgIpc) is 3.18. The normalized spacial score (nSPS) is 15.6. The fourth-order valence-electron chi connectivity index (χ4n) is 4.51. The number of ether oxygens (including phenoxy) is 2. The lowest BCUT2D eigenvalue weighted by Gasteiger charge is -2.27. The maximum Gasteiger partial charge on any atom is 0.338 e. The highest BCUT2D eigenvalue weighted by Gasteiger charge is 2.36. The van der Waals surface area contributed by atoms with Gasteiger partial charge >= 0.3 is 5.97 Å². The Morgan fingerprint density at radius 1 is 1.14 bits per heavy atom. The highest BCUT2D eigenvalue weighted by molar-refractivity contribution is 14.1. The van der Waals surface area contributed by atoms with E-state index in [-0.39, 0.29) is 12.2 Å². The molecule has 5 rings (SSSR count). The predicted molar refractivity (Wildman–Crippen MR) is 150 cm³/mol. The molecule has 0 fully saturated rings. The van der Waals surface area contributed by atoms with E-state index >= 15 is 0 Å². The molecule has 4 aromatic rings. The first-order valence-corrected chi connectivity index (χ1v) is 13.3. The first kappa shape index (κ1) is 24.5. The number of nitrogens with zero attached hydrogens (tertiary/aromatic N) is 2. The number of rotatable bonds is 5. The van der Waals surface area contributed by atoms with Gasteiger partial charge in [0.15, 0.2) is 4.80 Å². The maximum absolute atomic E-state index is 13.9. The number of hydrogen-bond acceptors (Lipinski definition) is 6. The van der Waals surface area contributed by atoms with Gasteiger partial charge in [-0.05, 0) is 77.0 Å². The molecule has 3 aromatic carbocycles. The Morgan fingerprint density at radius 3 is 2.61 bits per heavy atom. The molecule has 1 aliphatic heterocycles. The molecule has 0 bridgehead atoms. The van der Waals surface area contributed by atoms with Gasteiger partial charge in [-0.3, -0.25) is 9.36 Å². The van der Waals surface area contributed by atoms with Crippen LogP contribution in [0.5, 0.6) is 5.75 Å². The van der Waals surface area contributed by atoms with Crippen molar-refractivity contribution in [3.63, 3.8) is 0 Å². The molecular weight excluding hydrogens is 587 g/mol. The monoisotopic (exact) mass is 610 g/mol. The van der Waals surface area contributed by atoms with Gasteiger partial charge in [-0.25, -0.2) is 9.79 Å². The molecule has 36 heavy (non-hydrogen) atoms. The summed E-state index contributed by atoms with van der Waals surface area (Å²) < 4.78 is 14.5. The molecule has 1 aliphatic rings. The lowest BCUT2D eigenvalue weighted by atomic mass is 9.90. The molecule has 182 valence electrons. The van der Waals surface area contributed by atoms with Crippen LogP contribution in [0.3, 0.4) is 0 Å². The summed E-state index contributed by atoms with van der Waals surface area (Å²) in [4.78, 5) is 32.4. The Balaban J connectivity index is 1.84. The van der Waals surface area contributed by atoms with Crippen molar-refractivity contribution in [3.05, 3.63) is 106 Å². The summed E-state index contributed by atoms with van der Waals surface area (Å²) in [5.41, 5.74) is 2.29. The van der Waals surface area contributed by atoms with Gasteiger partial charge in [-0.15, -0.1) is 0 Å². The summed E-state index contributed by atoms with van der Waals surface area (Å²) >= 11 is 3.56. The molecular formula is C28H23IN2O4S. The van der Waals surface area contributed by atoms with Crippen molar-refractivity contribution < 1.29 is 14.3 Å². The number of esters is 1. The smallest absolute Gasteiger partial charge is 0.338 e. The third kappa shape index (κ3) is 4.28. The Bertz CT molecular complexity index is 1700. The number of aromatic nitrogens is 1. The van der Waals surface area contributed by atoms with Gasteiger partial charge in [0.05, 0.1) is 29.5 Å². The zero-order chi connectivity index (χ0) is 25.4. The van der Waals surface area contributed by atoms with Crippen LogP contribution in [0.2, 0.25) is 0 Å². The van der Waals surface area contributed by atoms with Gasteiger partial charge in [0.1, 0.15) is 11.8 Å². The highest BCUT2D eigenvalue weighted by atomic mass is 127. The Labute approximate surface area is 225 Å². The summed E-state index contributed by atoms with van der Waals surface area (Å²) in [6, 6.07) is 18.9. The van der Waals surface area contributed by atoms with Crippen molar-refractivity contribution in [2.45, 2.75) is 19.9 Å². The largest absolute Gasteiger partial charge is 0.496 e. The molecule has 0 spiro atoms. The number of carbonyl (C=O) groups excluding carboxylic acids is 1. The van der Waals surface area contributed by atoms with E-state index in [0.717, 1.165) is 25.5 Å². The van der Waals surface area contributed by atoms with Crippen molar-refractivity contribution >= 4 is 56.7 Å². The number of fused-ring (bicyclic) bond motifs is 2. The quantitative estimate of drug-likeness (QED) is 0.246. The third-order valence-corrected chi connectivity index (χ3v) is 7.81. The molecule has 0 aliphatic carbocycles. The number of benzene rings is 3. The zero-order valence-corrected chi connectivity index (χ0v) is 22.9. The van der Waals surface area contributed by atoms with Crippen LogP contribution in [-0.4, -0.2) is 24.3 Å². The van der Waals surface area contributed by atoms with E-state index in [0.29, 0.717) is 26.4 Å². The minimum absolute atomic E-state index is 0.215. The molecule has 0 saturated heterocycles. The standard InChI is InChI=1S/C28H23IN2O4S/c1-4-35-27(33)23-16(2)30-28-31(26(32)22(36-28)15-17-9-12-19(29)13-10-17)25(23)24-20-8-6-5-7-18(20)11-14-21(24)34-3/h5-15,25H,4H2,1-3H3/b22-15+. The molecule has 2 heterocycles. The number of methoxy groups -OCH3 is 1. The summed E-state index contributed by atoms with van der Waals surface area (Å²) in [7, 11) is 1.59. The predicted octanol–water partition coefficient (Wildman–Crippen LogP) is 4.56. The fraction of sp³-hybridized carbons (Fsp3) is 0.179. The van der Waals surface area contributed by atoms with E-state index in [1.807, 2.05) is 66.7 Å². The van der Waals surface area contributed by atoms with Crippen LogP contribution < -0.4 is 19.6 Å². The summed E-state index contributed by atoms with van der Waals surface area (Å²) in [6.45, 7) is 3.76. The molecule has 0 saturated carbocycles. The van der Waals surface area contributed by atoms with Crippen LogP contribution in [0, 0.1) is 3.57 Å². The topological polar surface area (TPSA) is 69.9 Å². The lowest BCUT2D eigenvalue weighted by Crippen LogP contribution is -2.40. The van der Waals surface area contributed by atoms with Crippen LogP contribution in [0.4, 0.5) is 0 Å². The van der Waals surface area contributed by atoms with Crippen LogP contribution in [-0.2, 0) is 9.53 Å². The van der Waals surface area contributed by atoms with E-state index in [2.05, 4.69) is 27.6 Å². The molecule has 0 N–H and O–H groups in total. The van der Waals surface area contributed by atoms with Crippen LogP contribution in [0.15, 0.2) is 81.7 Å². The second-order valence-corrected chi connectivity index (χ2v) is 10.5. The van der Waals surface area contributed by atoms with Crippen molar-refractivity contribution in [2.24, 2.45) is 4.99 Å². The summed E-state index contributed by atoms with van der Waals surface area (Å²) in [5.74, 6) is 0.0908. The molecule has 6 nitrogen and oxygen atoms in total. The molecule has 0 radical (unpaired) electrons. The Hall–Kier alpha value is -3.24. The van der Waals surface area contributed by atoms with Gasteiger partial charge in [0.2, 0.25) is 0 Å². The van der Waals surface area contributed by atoms with Gasteiger partial charge in [-0.1, -0.05) is 53.8 Å². The number of halogens is 1. The van der Waals surface area contributed by atoms with E-state index in [1.54, 1.807) is 25.5 Å². The molecule has 1 aromatic heterocycles. The van der Waals surface area contributed by atoms with Gasteiger partial charge < -0.3 is 9.47 Å². The molecule has 8 heteroatoms. The van der Waals surface area contributed by atoms with Gasteiger partial charge in [-0.2, -0.15) is 0 Å². The van der Waals surface area contributed by atoms with E-state index < -0.39 is 12.0 Å².